The Balaban J connectivity index is 1.35. The lowest BCUT2D eigenvalue weighted by Gasteiger charge is -2.36. The van der Waals surface area contributed by atoms with E-state index in [4.69, 9.17) is 4.98 Å². The van der Waals surface area contributed by atoms with E-state index in [1.807, 2.05) is 24.4 Å². The molecule has 0 aliphatic carbocycles. The molecule has 2 aliphatic heterocycles. The van der Waals surface area contributed by atoms with E-state index in [0.717, 1.165) is 60.3 Å². The Bertz CT molecular complexity index is 1410. The molecule has 9 nitrogen and oxygen atoms in total. The molecule has 0 spiro atoms. The summed E-state index contributed by atoms with van der Waals surface area (Å²) in [6.45, 7) is 2.17. The number of imide groups is 1. The predicted octanol–water partition coefficient (Wildman–Crippen LogP) is 4.65. The third kappa shape index (κ3) is 4.14. The van der Waals surface area contributed by atoms with Gasteiger partial charge in [0.25, 0.3) is 0 Å². The minimum atomic E-state index is -0.234. The van der Waals surface area contributed by atoms with Crippen molar-refractivity contribution in [3.8, 4) is 22.5 Å². The zero-order chi connectivity index (χ0) is 25.4. The van der Waals surface area contributed by atoms with Gasteiger partial charge in [-0.3, -0.25) is 14.5 Å². The number of benzene rings is 2. The minimum absolute atomic E-state index is 0.0686. The van der Waals surface area contributed by atoms with Gasteiger partial charge in [0.05, 0.1) is 24.0 Å². The van der Waals surface area contributed by atoms with Crippen LogP contribution in [0.15, 0.2) is 54.7 Å². The highest BCUT2D eigenvalue weighted by Crippen LogP contribution is 2.42. The highest BCUT2D eigenvalue weighted by atomic mass is 16.2. The van der Waals surface area contributed by atoms with E-state index < -0.39 is 0 Å². The Morgan fingerprint density at radius 1 is 0.946 bits per heavy atom. The highest BCUT2D eigenvalue weighted by Gasteiger charge is 2.41. The third-order valence-corrected chi connectivity index (χ3v) is 7.54. The molecular formula is C28H29N7O2. The summed E-state index contributed by atoms with van der Waals surface area (Å²) in [7, 11) is 0. The fourth-order valence-corrected chi connectivity index (χ4v) is 5.74. The topological polar surface area (TPSA) is 110 Å². The number of H-pyrrole nitrogens is 1. The number of hydrogen-bond donors (Lipinski definition) is 1. The second kappa shape index (κ2) is 9.72. The number of nitrogens with zero attached hydrogens (tertiary/aromatic N) is 6. The Morgan fingerprint density at radius 3 is 2.38 bits per heavy atom. The molecule has 2 aromatic heterocycles. The summed E-state index contributed by atoms with van der Waals surface area (Å²) in [4.78, 5) is 31.4. The number of tetrazole rings is 1. The number of imidazole rings is 1. The van der Waals surface area contributed by atoms with Crippen molar-refractivity contribution in [2.75, 3.05) is 0 Å². The minimum Gasteiger partial charge on any atom is -0.323 e. The van der Waals surface area contributed by atoms with Crippen molar-refractivity contribution in [2.45, 2.75) is 64.0 Å². The van der Waals surface area contributed by atoms with Crippen LogP contribution >= 0.6 is 0 Å². The Labute approximate surface area is 214 Å². The van der Waals surface area contributed by atoms with Gasteiger partial charge >= 0.3 is 0 Å². The molecule has 4 heterocycles. The largest absolute Gasteiger partial charge is 0.323 e. The molecule has 2 amide bonds. The number of hydrogen-bond acceptors (Lipinski definition) is 6. The maximum absolute atomic E-state index is 12.6. The summed E-state index contributed by atoms with van der Waals surface area (Å²) >= 11 is 0. The number of aryl methyl sites for hydroxylation is 1. The van der Waals surface area contributed by atoms with E-state index in [1.54, 1.807) is 0 Å². The lowest BCUT2D eigenvalue weighted by atomic mass is 9.90. The third-order valence-electron chi connectivity index (χ3n) is 7.54. The Morgan fingerprint density at radius 2 is 1.68 bits per heavy atom. The number of carbonyl (C=O) groups excluding carboxylic acids is 2. The summed E-state index contributed by atoms with van der Waals surface area (Å²) in [6.07, 6.45) is 7.07. The molecule has 1 fully saturated rings. The molecule has 2 aliphatic rings. The monoisotopic (exact) mass is 495 g/mol. The summed E-state index contributed by atoms with van der Waals surface area (Å²) in [5.41, 5.74) is 5.19. The predicted molar refractivity (Wildman–Crippen MR) is 137 cm³/mol. The molecule has 0 bridgehead atoms. The van der Waals surface area contributed by atoms with Gasteiger partial charge in [0.2, 0.25) is 17.6 Å². The SMILES string of the molecule is CCCCc1ncc2n1C(c1ccc(-c3ccccc3-c3nn[nH]n3)cc1)CCC2N1C(=O)CCC1=O. The molecule has 2 unspecified atom stereocenters. The van der Waals surface area contributed by atoms with Gasteiger partial charge < -0.3 is 4.57 Å². The fourth-order valence-electron chi connectivity index (χ4n) is 5.74. The number of nitrogens with one attached hydrogen (secondary N) is 1. The molecule has 4 aromatic rings. The zero-order valence-corrected chi connectivity index (χ0v) is 20.8. The van der Waals surface area contributed by atoms with Crippen molar-refractivity contribution in [1.29, 1.82) is 0 Å². The smallest absolute Gasteiger partial charge is 0.230 e. The number of aromatic amines is 1. The average Bonchev–Trinajstić information content (AvgIpc) is 3.68. The first-order chi connectivity index (χ1) is 18.2. The molecule has 0 saturated carbocycles. The summed E-state index contributed by atoms with van der Waals surface area (Å²) in [5.74, 6) is 1.45. The number of amides is 2. The van der Waals surface area contributed by atoms with Crippen molar-refractivity contribution < 1.29 is 9.59 Å². The first kappa shape index (κ1) is 23.3. The Hall–Kier alpha value is -4.14. The van der Waals surface area contributed by atoms with Crippen LogP contribution in [0.3, 0.4) is 0 Å². The number of carbonyl (C=O) groups is 2. The normalized spacial score (nSPS) is 19.4. The van der Waals surface area contributed by atoms with Crippen LogP contribution in [0.5, 0.6) is 0 Å². The van der Waals surface area contributed by atoms with E-state index in [1.165, 1.54) is 10.5 Å². The van der Waals surface area contributed by atoms with Gasteiger partial charge in [0, 0.05) is 24.8 Å². The molecular weight excluding hydrogens is 466 g/mol. The number of fused-ring (bicyclic) bond motifs is 1. The highest BCUT2D eigenvalue weighted by molar-refractivity contribution is 6.02. The molecule has 2 atom stereocenters. The molecule has 1 N–H and O–H groups in total. The summed E-state index contributed by atoms with van der Waals surface area (Å²) < 4.78 is 2.30. The maximum atomic E-state index is 12.6. The molecule has 188 valence electrons. The quantitative estimate of drug-likeness (QED) is 0.374. The van der Waals surface area contributed by atoms with Gasteiger partial charge in [0.1, 0.15) is 5.82 Å². The van der Waals surface area contributed by atoms with Crippen molar-refractivity contribution in [3.63, 3.8) is 0 Å². The van der Waals surface area contributed by atoms with Crippen LogP contribution in [-0.2, 0) is 16.0 Å². The number of aromatic nitrogens is 6. The van der Waals surface area contributed by atoms with Crippen molar-refractivity contribution in [1.82, 2.24) is 35.1 Å². The van der Waals surface area contributed by atoms with Gasteiger partial charge in [0.15, 0.2) is 0 Å². The van der Waals surface area contributed by atoms with E-state index in [-0.39, 0.29) is 23.9 Å². The lowest BCUT2D eigenvalue weighted by molar-refractivity contribution is -0.142. The van der Waals surface area contributed by atoms with Crippen LogP contribution < -0.4 is 0 Å². The van der Waals surface area contributed by atoms with Crippen LogP contribution in [0.2, 0.25) is 0 Å². The first-order valence-corrected chi connectivity index (χ1v) is 13.0. The lowest BCUT2D eigenvalue weighted by Crippen LogP contribution is -2.38. The summed E-state index contributed by atoms with van der Waals surface area (Å²) in [5, 5.41) is 14.6. The van der Waals surface area contributed by atoms with E-state index in [0.29, 0.717) is 18.7 Å². The fraction of sp³-hybridized carbons (Fsp3) is 0.357. The zero-order valence-electron chi connectivity index (χ0n) is 20.8. The van der Waals surface area contributed by atoms with Gasteiger partial charge in [-0.15, -0.1) is 10.2 Å². The maximum Gasteiger partial charge on any atom is 0.230 e. The summed E-state index contributed by atoms with van der Waals surface area (Å²) in [6, 6.07) is 16.5. The second-order valence-electron chi connectivity index (χ2n) is 9.74. The molecule has 6 rings (SSSR count). The Kier molecular flexibility index (Phi) is 6.12. The molecule has 0 radical (unpaired) electrons. The van der Waals surface area contributed by atoms with Crippen LogP contribution in [0.1, 0.15) is 74.6 Å². The van der Waals surface area contributed by atoms with Crippen molar-refractivity contribution in [2.24, 2.45) is 0 Å². The standard InChI is InChI=1S/C28H29N7O2/c1-2-3-8-25-29-17-24-23(35-26(36)15-16-27(35)37)14-13-22(34(24)25)19-11-9-18(10-12-19)20-6-4-5-7-21(20)28-30-32-33-31-28/h4-7,9-12,17,22-23H,2-3,8,13-16H2,1H3,(H,30,31,32,33). The second-order valence-corrected chi connectivity index (χ2v) is 9.74. The van der Waals surface area contributed by atoms with Gasteiger partial charge in [-0.1, -0.05) is 61.9 Å². The van der Waals surface area contributed by atoms with E-state index in [2.05, 4.69) is 62.4 Å². The van der Waals surface area contributed by atoms with Crippen molar-refractivity contribution >= 4 is 11.8 Å². The number of likely N-dealkylation sites (tertiary alicyclic amines) is 1. The van der Waals surface area contributed by atoms with Gasteiger partial charge in [-0.25, -0.2) is 4.98 Å². The van der Waals surface area contributed by atoms with Crippen LogP contribution in [-0.4, -0.2) is 46.9 Å². The molecule has 1 saturated heterocycles. The number of rotatable bonds is 7. The van der Waals surface area contributed by atoms with Gasteiger partial charge in [-0.2, -0.15) is 5.21 Å². The number of unbranched alkanes of at least 4 members (excludes halogenated alkanes) is 1. The van der Waals surface area contributed by atoms with Crippen molar-refractivity contribution in [3.05, 3.63) is 71.8 Å². The van der Waals surface area contributed by atoms with Crippen LogP contribution in [0, 0.1) is 0 Å². The van der Waals surface area contributed by atoms with Crippen LogP contribution in [0.25, 0.3) is 22.5 Å². The van der Waals surface area contributed by atoms with E-state index >= 15 is 0 Å². The van der Waals surface area contributed by atoms with Gasteiger partial charge in [-0.05, 0) is 41.2 Å². The van der Waals surface area contributed by atoms with Crippen LogP contribution in [0.4, 0.5) is 0 Å². The molecule has 37 heavy (non-hydrogen) atoms. The van der Waals surface area contributed by atoms with E-state index in [9.17, 15) is 9.59 Å². The first-order valence-electron chi connectivity index (χ1n) is 13.0. The molecule has 2 aromatic carbocycles. The average molecular weight is 496 g/mol. The molecule has 9 heteroatoms.